The molecule has 9 heteroatoms. The Morgan fingerprint density at radius 1 is 1.31 bits per heavy atom. The molecule has 26 heavy (non-hydrogen) atoms. The molecule has 140 valence electrons. The van der Waals surface area contributed by atoms with Gasteiger partial charge in [0.05, 0.1) is 12.1 Å². The number of likely N-dealkylation sites (N-methyl/N-ethyl adjacent to an activating group) is 1. The fourth-order valence-electron chi connectivity index (χ4n) is 3.88. The zero-order chi connectivity index (χ0) is 18.3. The standard InChI is InChI=1S/C17H25N7O2/c1-3-23-7-4-13(20-23)17(26)22-6-5-15-18-19-16(24(15)9-8-22)14-10-12(25)11-21(14)2/h4,7,12,14,25H,3,5-6,8-11H2,1-2H3/t12-,14+/m1/s1. The van der Waals surface area contributed by atoms with Crippen molar-refractivity contribution in [3.8, 4) is 0 Å². The highest BCUT2D eigenvalue weighted by Gasteiger charge is 2.34. The van der Waals surface area contributed by atoms with Crippen molar-refractivity contribution in [2.75, 3.05) is 26.7 Å². The SMILES string of the molecule is CCn1ccc(C(=O)N2CCc3nnc([C@@H]4C[C@@H](O)CN4C)n3CC2)n1. The summed E-state index contributed by atoms with van der Waals surface area (Å²) < 4.78 is 3.89. The van der Waals surface area contributed by atoms with Gasteiger partial charge in [-0.2, -0.15) is 5.10 Å². The lowest BCUT2D eigenvalue weighted by Crippen LogP contribution is -2.34. The Bertz CT molecular complexity index is 799. The molecule has 2 aliphatic rings. The first-order chi connectivity index (χ1) is 12.6. The Morgan fingerprint density at radius 2 is 2.15 bits per heavy atom. The summed E-state index contributed by atoms with van der Waals surface area (Å²) in [5.41, 5.74) is 0.489. The van der Waals surface area contributed by atoms with Gasteiger partial charge in [0.25, 0.3) is 5.91 Å². The number of aromatic nitrogens is 5. The lowest BCUT2D eigenvalue weighted by Gasteiger charge is -2.21. The number of nitrogens with zero attached hydrogens (tertiary/aromatic N) is 7. The summed E-state index contributed by atoms with van der Waals surface area (Å²) in [6.45, 7) is 5.28. The number of carbonyl (C=O) groups is 1. The number of amides is 1. The summed E-state index contributed by atoms with van der Waals surface area (Å²) >= 11 is 0. The molecule has 2 aromatic heterocycles. The third kappa shape index (κ3) is 3.01. The van der Waals surface area contributed by atoms with Crippen molar-refractivity contribution in [2.24, 2.45) is 0 Å². The molecule has 1 amide bonds. The number of fused-ring (bicyclic) bond motifs is 1. The second-order valence-corrected chi connectivity index (χ2v) is 7.07. The van der Waals surface area contributed by atoms with E-state index in [1.54, 1.807) is 10.7 Å². The Kier molecular flexibility index (Phi) is 4.49. The number of hydrogen-bond acceptors (Lipinski definition) is 6. The predicted molar refractivity (Wildman–Crippen MR) is 93.5 cm³/mol. The first-order valence-corrected chi connectivity index (χ1v) is 9.19. The highest BCUT2D eigenvalue weighted by atomic mass is 16.3. The van der Waals surface area contributed by atoms with Crippen LogP contribution in [0.1, 0.15) is 41.5 Å². The molecule has 4 heterocycles. The second kappa shape index (κ2) is 6.81. The van der Waals surface area contributed by atoms with Gasteiger partial charge in [0, 0.05) is 45.3 Å². The highest BCUT2D eigenvalue weighted by molar-refractivity contribution is 5.92. The van der Waals surface area contributed by atoms with Crippen LogP contribution in [0, 0.1) is 0 Å². The largest absolute Gasteiger partial charge is 0.392 e. The van der Waals surface area contributed by atoms with Gasteiger partial charge in [-0.15, -0.1) is 10.2 Å². The third-order valence-corrected chi connectivity index (χ3v) is 5.35. The molecule has 1 saturated heterocycles. The van der Waals surface area contributed by atoms with Crippen LogP contribution in [0.25, 0.3) is 0 Å². The summed E-state index contributed by atoms with van der Waals surface area (Å²) in [5.74, 6) is 1.76. The van der Waals surface area contributed by atoms with Crippen molar-refractivity contribution in [1.82, 2.24) is 34.3 Å². The van der Waals surface area contributed by atoms with E-state index in [4.69, 9.17) is 0 Å². The Balaban J connectivity index is 1.50. The third-order valence-electron chi connectivity index (χ3n) is 5.35. The topological polar surface area (TPSA) is 92.3 Å². The van der Waals surface area contributed by atoms with Crippen LogP contribution in [0.3, 0.4) is 0 Å². The normalized spacial score (nSPS) is 23.9. The monoisotopic (exact) mass is 359 g/mol. The zero-order valence-corrected chi connectivity index (χ0v) is 15.2. The molecule has 0 unspecified atom stereocenters. The van der Waals surface area contributed by atoms with Crippen molar-refractivity contribution in [1.29, 1.82) is 0 Å². The van der Waals surface area contributed by atoms with Gasteiger partial charge in [-0.1, -0.05) is 0 Å². The van der Waals surface area contributed by atoms with Gasteiger partial charge < -0.3 is 14.6 Å². The van der Waals surface area contributed by atoms with Crippen molar-refractivity contribution < 1.29 is 9.90 Å². The molecular formula is C17H25N7O2. The zero-order valence-electron chi connectivity index (χ0n) is 15.2. The molecule has 9 nitrogen and oxygen atoms in total. The summed E-state index contributed by atoms with van der Waals surface area (Å²) in [4.78, 5) is 16.7. The molecule has 0 aromatic carbocycles. The fraction of sp³-hybridized carbons (Fsp3) is 0.647. The summed E-state index contributed by atoms with van der Waals surface area (Å²) in [7, 11) is 2.00. The molecule has 2 aromatic rings. The van der Waals surface area contributed by atoms with E-state index < -0.39 is 0 Å². The van der Waals surface area contributed by atoms with Crippen LogP contribution < -0.4 is 0 Å². The number of β-amino-alcohol motifs (C(OH)–C–C–N with tert-alkyl or cyclic N) is 1. The Labute approximate surface area is 152 Å². The maximum atomic E-state index is 12.8. The van der Waals surface area contributed by atoms with Gasteiger partial charge in [0.1, 0.15) is 11.5 Å². The fourth-order valence-corrected chi connectivity index (χ4v) is 3.88. The van der Waals surface area contributed by atoms with Gasteiger partial charge in [-0.05, 0) is 26.5 Å². The van der Waals surface area contributed by atoms with Gasteiger partial charge in [-0.25, -0.2) is 0 Å². The van der Waals surface area contributed by atoms with E-state index in [9.17, 15) is 9.90 Å². The van der Waals surface area contributed by atoms with E-state index in [0.29, 0.717) is 44.7 Å². The van der Waals surface area contributed by atoms with Crippen LogP contribution in [-0.4, -0.2) is 78.1 Å². The van der Waals surface area contributed by atoms with E-state index >= 15 is 0 Å². The summed E-state index contributed by atoms with van der Waals surface area (Å²) in [5, 5.41) is 23.0. The molecule has 0 radical (unpaired) electrons. The number of aryl methyl sites for hydroxylation is 1. The minimum Gasteiger partial charge on any atom is -0.392 e. The van der Waals surface area contributed by atoms with Crippen molar-refractivity contribution in [2.45, 2.75) is 45.0 Å². The average molecular weight is 359 g/mol. The van der Waals surface area contributed by atoms with Gasteiger partial charge in [0.15, 0.2) is 5.82 Å². The average Bonchev–Trinajstić information content (AvgIpc) is 3.30. The van der Waals surface area contributed by atoms with E-state index in [1.807, 2.05) is 25.1 Å². The van der Waals surface area contributed by atoms with E-state index in [2.05, 4.69) is 24.8 Å². The van der Waals surface area contributed by atoms with Crippen LogP contribution in [0.4, 0.5) is 0 Å². The number of carbonyl (C=O) groups excluding carboxylic acids is 1. The number of aliphatic hydroxyl groups excluding tert-OH is 1. The first-order valence-electron chi connectivity index (χ1n) is 9.19. The minimum absolute atomic E-state index is 0.0362. The van der Waals surface area contributed by atoms with Crippen LogP contribution in [0.2, 0.25) is 0 Å². The quantitative estimate of drug-likeness (QED) is 0.825. The second-order valence-electron chi connectivity index (χ2n) is 7.07. The molecule has 0 saturated carbocycles. The Morgan fingerprint density at radius 3 is 2.85 bits per heavy atom. The molecule has 0 spiro atoms. The number of hydrogen-bond donors (Lipinski definition) is 1. The molecule has 0 bridgehead atoms. The first kappa shape index (κ1) is 17.2. The predicted octanol–water partition coefficient (Wildman–Crippen LogP) is -0.0695. The molecule has 2 aliphatic heterocycles. The smallest absolute Gasteiger partial charge is 0.274 e. The maximum Gasteiger partial charge on any atom is 0.274 e. The van der Waals surface area contributed by atoms with Crippen molar-refractivity contribution in [3.05, 3.63) is 29.6 Å². The number of aliphatic hydroxyl groups is 1. The van der Waals surface area contributed by atoms with E-state index in [-0.39, 0.29) is 18.1 Å². The molecule has 1 N–H and O–H groups in total. The van der Waals surface area contributed by atoms with Gasteiger partial charge in [-0.3, -0.25) is 14.4 Å². The molecular weight excluding hydrogens is 334 g/mol. The van der Waals surface area contributed by atoms with Gasteiger partial charge >= 0.3 is 0 Å². The Hall–Kier alpha value is -2.26. The van der Waals surface area contributed by atoms with Crippen LogP contribution in [0.5, 0.6) is 0 Å². The molecule has 1 fully saturated rings. The number of likely N-dealkylation sites (tertiary alicyclic amines) is 1. The van der Waals surface area contributed by atoms with Crippen LogP contribution in [0.15, 0.2) is 12.3 Å². The maximum absolute atomic E-state index is 12.8. The molecule has 0 aliphatic carbocycles. The minimum atomic E-state index is -0.324. The highest BCUT2D eigenvalue weighted by Crippen LogP contribution is 2.30. The van der Waals surface area contributed by atoms with Crippen LogP contribution >= 0.6 is 0 Å². The summed E-state index contributed by atoms with van der Waals surface area (Å²) in [6, 6.07) is 1.85. The lowest BCUT2D eigenvalue weighted by molar-refractivity contribution is 0.0751. The number of rotatable bonds is 3. The molecule has 2 atom stereocenters. The van der Waals surface area contributed by atoms with Crippen molar-refractivity contribution >= 4 is 5.91 Å². The van der Waals surface area contributed by atoms with E-state index in [0.717, 1.165) is 18.2 Å². The van der Waals surface area contributed by atoms with E-state index in [1.165, 1.54) is 0 Å². The van der Waals surface area contributed by atoms with Crippen LogP contribution in [-0.2, 0) is 19.5 Å². The van der Waals surface area contributed by atoms with Crippen molar-refractivity contribution in [3.63, 3.8) is 0 Å². The van der Waals surface area contributed by atoms with Gasteiger partial charge in [0.2, 0.25) is 0 Å². The summed E-state index contributed by atoms with van der Waals surface area (Å²) in [6.07, 6.45) is 2.85. The lowest BCUT2D eigenvalue weighted by atomic mass is 10.2. The molecule has 4 rings (SSSR count).